The smallest absolute Gasteiger partial charge is 0.262 e. The summed E-state index contributed by atoms with van der Waals surface area (Å²) in [7, 11) is 1.60. The molecule has 0 amide bonds. The number of unbranched alkanes of at least 4 members (excludes halogenated alkanes) is 1. The lowest BCUT2D eigenvalue weighted by Crippen LogP contribution is -2.47. The molecule has 5 nitrogen and oxygen atoms in total. The number of carbonyl (C=O) groups is 1. The zero-order chi connectivity index (χ0) is 16.6. The third kappa shape index (κ3) is 2.42. The van der Waals surface area contributed by atoms with Crippen LogP contribution in [0.25, 0.3) is 0 Å². The van der Waals surface area contributed by atoms with Crippen molar-refractivity contribution in [2.75, 3.05) is 20.3 Å². The summed E-state index contributed by atoms with van der Waals surface area (Å²) < 4.78 is 22.8. The maximum absolute atomic E-state index is 12.6. The molecule has 3 rings (SSSR count). The largest absolute Gasteiger partial charge is 0.496 e. The van der Waals surface area contributed by atoms with Gasteiger partial charge in [0.1, 0.15) is 11.5 Å². The molecule has 0 saturated carbocycles. The number of ether oxygens (including phenoxy) is 4. The van der Waals surface area contributed by atoms with Crippen LogP contribution in [-0.2, 0) is 21.7 Å². The average Bonchev–Trinajstić information content (AvgIpc) is 3.04. The van der Waals surface area contributed by atoms with E-state index in [1.54, 1.807) is 7.11 Å². The fourth-order valence-electron chi connectivity index (χ4n) is 3.26. The predicted octanol–water partition coefficient (Wildman–Crippen LogP) is 3.22. The minimum atomic E-state index is -1.24. The second-order valence-electron chi connectivity index (χ2n) is 6.22. The number of benzene rings is 1. The van der Waals surface area contributed by atoms with Gasteiger partial charge in [-0.2, -0.15) is 0 Å². The van der Waals surface area contributed by atoms with E-state index >= 15 is 0 Å². The zero-order valence-electron chi connectivity index (χ0n) is 14.2. The molecular formula is C18H24O5. The first-order chi connectivity index (χ1) is 11.0. The van der Waals surface area contributed by atoms with Crippen LogP contribution >= 0.6 is 0 Å². The summed E-state index contributed by atoms with van der Waals surface area (Å²) in [5.41, 5.74) is 2.27. The average molecular weight is 320 g/mol. The molecule has 1 heterocycles. The van der Waals surface area contributed by atoms with E-state index in [1.807, 2.05) is 19.9 Å². The quantitative estimate of drug-likeness (QED) is 0.805. The van der Waals surface area contributed by atoms with Gasteiger partial charge >= 0.3 is 0 Å². The lowest BCUT2D eigenvalue weighted by Gasteiger charge is -2.38. The molecule has 1 aromatic rings. The van der Waals surface area contributed by atoms with Gasteiger partial charge in [-0.25, -0.2) is 0 Å². The minimum absolute atomic E-state index is 0.0373. The van der Waals surface area contributed by atoms with Crippen LogP contribution in [0.15, 0.2) is 6.07 Å². The highest BCUT2D eigenvalue weighted by Crippen LogP contribution is 2.52. The van der Waals surface area contributed by atoms with Crippen molar-refractivity contribution in [3.8, 4) is 11.5 Å². The van der Waals surface area contributed by atoms with E-state index in [0.717, 1.165) is 36.1 Å². The fourth-order valence-corrected chi connectivity index (χ4v) is 3.26. The highest BCUT2D eigenvalue weighted by atomic mass is 16.7. The standard InChI is InChI=1S/C18H24O5/c1-5-6-7-12-14(23-11(2)3)10-13-15(16(12)20-4)17(19)18(13)21-8-9-22-18/h10-11H,5-9H2,1-4H3. The van der Waals surface area contributed by atoms with Crippen LogP contribution in [0.5, 0.6) is 11.5 Å². The van der Waals surface area contributed by atoms with Gasteiger partial charge in [0, 0.05) is 11.1 Å². The van der Waals surface area contributed by atoms with Crippen LogP contribution in [-0.4, -0.2) is 32.2 Å². The van der Waals surface area contributed by atoms with Gasteiger partial charge in [0.15, 0.2) is 0 Å². The maximum Gasteiger partial charge on any atom is 0.262 e. The maximum atomic E-state index is 12.6. The first kappa shape index (κ1) is 16.3. The Kier molecular flexibility index (Phi) is 4.34. The second kappa shape index (κ2) is 6.13. The molecule has 126 valence electrons. The molecule has 1 aliphatic carbocycles. The number of hydrogen-bond donors (Lipinski definition) is 0. The molecule has 0 bridgehead atoms. The topological polar surface area (TPSA) is 54.0 Å². The summed E-state index contributed by atoms with van der Waals surface area (Å²) in [6.45, 7) is 6.95. The Balaban J connectivity index is 2.12. The first-order valence-corrected chi connectivity index (χ1v) is 8.28. The molecular weight excluding hydrogens is 296 g/mol. The second-order valence-corrected chi connectivity index (χ2v) is 6.22. The van der Waals surface area contributed by atoms with Gasteiger partial charge in [-0.15, -0.1) is 0 Å². The molecule has 5 heteroatoms. The molecule has 0 N–H and O–H groups in total. The Morgan fingerprint density at radius 3 is 2.57 bits per heavy atom. The molecule has 1 aromatic carbocycles. The Bertz CT molecular complexity index is 614. The highest BCUT2D eigenvalue weighted by molar-refractivity contribution is 6.14. The number of carbonyl (C=O) groups excluding carboxylic acids is 1. The van der Waals surface area contributed by atoms with E-state index in [0.29, 0.717) is 24.5 Å². The summed E-state index contributed by atoms with van der Waals surface area (Å²) in [4.78, 5) is 12.6. The van der Waals surface area contributed by atoms with Crippen LogP contribution in [0, 0.1) is 0 Å². The Morgan fingerprint density at radius 1 is 1.30 bits per heavy atom. The molecule has 1 saturated heterocycles. The number of fused-ring (bicyclic) bond motifs is 2. The molecule has 0 unspecified atom stereocenters. The van der Waals surface area contributed by atoms with Gasteiger partial charge < -0.3 is 18.9 Å². The van der Waals surface area contributed by atoms with E-state index < -0.39 is 5.79 Å². The van der Waals surface area contributed by atoms with Crippen molar-refractivity contribution in [1.29, 1.82) is 0 Å². The van der Waals surface area contributed by atoms with Crippen molar-refractivity contribution in [3.05, 3.63) is 22.8 Å². The Labute approximate surface area is 136 Å². The number of rotatable bonds is 6. The summed E-state index contributed by atoms with van der Waals surface area (Å²) in [6.07, 6.45) is 2.92. The van der Waals surface area contributed by atoms with E-state index in [9.17, 15) is 4.79 Å². The van der Waals surface area contributed by atoms with E-state index in [-0.39, 0.29) is 11.9 Å². The van der Waals surface area contributed by atoms with Gasteiger partial charge in [0.25, 0.3) is 5.79 Å². The summed E-state index contributed by atoms with van der Waals surface area (Å²) in [6, 6.07) is 1.90. The van der Waals surface area contributed by atoms with Gasteiger partial charge in [-0.1, -0.05) is 13.3 Å². The fraction of sp³-hybridized carbons (Fsp3) is 0.611. The predicted molar refractivity (Wildman–Crippen MR) is 85.3 cm³/mol. The number of methoxy groups -OCH3 is 1. The van der Waals surface area contributed by atoms with Crippen molar-refractivity contribution in [2.45, 2.75) is 51.9 Å². The number of hydrogen-bond acceptors (Lipinski definition) is 5. The molecule has 2 aliphatic rings. The van der Waals surface area contributed by atoms with Crippen LogP contribution in [0.1, 0.15) is 55.1 Å². The van der Waals surface area contributed by atoms with Gasteiger partial charge in [0.2, 0.25) is 5.78 Å². The molecule has 23 heavy (non-hydrogen) atoms. The van der Waals surface area contributed by atoms with E-state index in [4.69, 9.17) is 18.9 Å². The molecule has 1 spiro atoms. The van der Waals surface area contributed by atoms with E-state index in [2.05, 4.69) is 6.92 Å². The minimum Gasteiger partial charge on any atom is -0.496 e. The molecule has 0 aromatic heterocycles. The number of ketones is 1. The van der Waals surface area contributed by atoms with Crippen molar-refractivity contribution >= 4 is 5.78 Å². The normalized spacial score (nSPS) is 18.2. The van der Waals surface area contributed by atoms with Gasteiger partial charge in [0.05, 0.1) is 32.0 Å². The SMILES string of the molecule is CCCCc1c(OC(C)C)cc2c(c1OC)C(=O)C21OCCO1. The van der Waals surface area contributed by atoms with Crippen molar-refractivity contribution in [2.24, 2.45) is 0 Å². The number of Topliss-reactive ketones (excluding diaryl/α,β-unsaturated/α-hetero) is 1. The van der Waals surface area contributed by atoms with Crippen molar-refractivity contribution in [3.63, 3.8) is 0 Å². The van der Waals surface area contributed by atoms with Gasteiger partial charge in [-0.3, -0.25) is 4.79 Å². The van der Waals surface area contributed by atoms with Gasteiger partial charge in [-0.05, 0) is 32.8 Å². The summed E-state index contributed by atoms with van der Waals surface area (Å²) in [5.74, 6) is -0.00638. The van der Waals surface area contributed by atoms with Crippen LogP contribution in [0.2, 0.25) is 0 Å². The molecule has 1 aliphatic heterocycles. The van der Waals surface area contributed by atoms with Crippen LogP contribution in [0.3, 0.4) is 0 Å². The van der Waals surface area contributed by atoms with E-state index in [1.165, 1.54) is 0 Å². The molecule has 1 fully saturated rings. The third-order valence-corrected chi connectivity index (χ3v) is 4.27. The zero-order valence-corrected chi connectivity index (χ0v) is 14.2. The molecule has 0 atom stereocenters. The van der Waals surface area contributed by atoms with Crippen LogP contribution < -0.4 is 9.47 Å². The third-order valence-electron chi connectivity index (χ3n) is 4.27. The highest BCUT2D eigenvalue weighted by Gasteiger charge is 2.59. The van der Waals surface area contributed by atoms with Crippen molar-refractivity contribution in [1.82, 2.24) is 0 Å². The van der Waals surface area contributed by atoms with Crippen LogP contribution in [0.4, 0.5) is 0 Å². The Morgan fingerprint density at radius 2 is 2.00 bits per heavy atom. The summed E-state index contributed by atoms with van der Waals surface area (Å²) in [5, 5.41) is 0. The summed E-state index contributed by atoms with van der Waals surface area (Å²) >= 11 is 0. The Hall–Kier alpha value is -1.59. The first-order valence-electron chi connectivity index (χ1n) is 8.28. The molecule has 0 radical (unpaired) electrons. The lowest BCUT2D eigenvalue weighted by atomic mass is 9.77. The lowest BCUT2D eigenvalue weighted by molar-refractivity contribution is -0.137. The van der Waals surface area contributed by atoms with Crippen molar-refractivity contribution < 1.29 is 23.7 Å². The monoisotopic (exact) mass is 320 g/mol.